The first kappa shape index (κ1) is 22.3. The molecule has 1 unspecified atom stereocenters. The smallest absolute Gasteiger partial charge is 0.251 e. The summed E-state index contributed by atoms with van der Waals surface area (Å²) in [5.74, 6) is 0.0651. The summed E-state index contributed by atoms with van der Waals surface area (Å²) in [5, 5.41) is 15.0. The molecule has 0 radical (unpaired) electrons. The normalized spacial score (nSPS) is 12.1. The van der Waals surface area contributed by atoms with Crippen LogP contribution in [-0.2, 0) is 0 Å². The molecule has 0 aliphatic heterocycles. The molecule has 168 valence electrons. The highest BCUT2D eigenvalue weighted by molar-refractivity contribution is 5.96. The number of hydrogen-bond donors (Lipinski definition) is 1. The molecular formula is C25H25FN6O. The number of nitrogens with one attached hydrogen (secondary N) is 1. The van der Waals surface area contributed by atoms with Crippen LogP contribution in [0.15, 0.2) is 60.9 Å². The van der Waals surface area contributed by atoms with Crippen molar-refractivity contribution in [2.24, 2.45) is 0 Å². The number of hydrogen-bond acceptors (Lipinski definition) is 5. The van der Waals surface area contributed by atoms with E-state index in [0.717, 1.165) is 11.1 Å². The molecular weight excluding hydrogens is 419 g/mol. The van der Waals surface area contributed by atoms with Gasteiger partial charge in [0, 0.05) is 29.4 Å². The fraction of sp³-hybridized carbons (Fsp3) is 0.240. The second kappa shape index (κ2) is 9.28. The zero-order valence-corrected chi connectivity index (χ0v) is 19.0. The molecule has 1 amide bonds. The standard InChI is InChI=1S/C25H25FN6O/c1-15(2)24-29-30-31-32(24)21-13-19(22-6-5-16(3)11-23(22)26)12-20(14-21)25(33)28-17(4)18-7-9-27-10-8-18/h5-15,17H,1-4H3,(H,28,33). The van der Waals surface area contributed by atoms with Crippen molar-refractivity contribution in [3.63, 3.8) is 0 Å². The monoisotopic (exact) mass is 444 g/mol. The predicted octanol–water partition coefficient (Wildman–Crippen LogP) is 4.79. The third-order valence-electron chi connectivity index (χ3n) is 5.42. The summed E-state index contributed by atoms with van der Waals surface area (Å²) in [4.78, 5) is 17.2. The highest BCUT2D eigenvalue weighted by Crippen LogP contribution is 2.28. The molecule has 4 rings (SSSR count). The highest BCUT2D eigenvalue weighted by atomic mass is 19.1. The third-order valence-corrected chi connectivity index (χ3v) is 5.42. The average Bonchev–Trinajstić information content (AvgIpc) is 3.30. The van der Waals surface area contributed by atoms with Gasteiger partial charge in [0.15, 0.2) is 5.82 Å². The number of benzene rings is 2. The first-order valence-corrected chi connectivity index (χ1v) is 10.7. The molecule has 0 aliphatic carbocycles. The van der Waals surface area contributed by atoms with E-state index in [1.54, 1.807) is 41.3 Å². The fourth-order valence-corrected chi connectivity index (χ4v) is 3.63. The van der Waals surface area contributed by atoms with E-state index in [2.05, 4.69) is 25.8 Å². The molecule has 33 heavy (non-hydrogen) atoms. The van der Waals surface area contributed by atoms with Gasteiger partial charge in [-0.05, 0) is 77.4 Å². The summed E-state index contributed by atoms with van der Waals surface area (Å²) in [6, 6.07) is 13.7. The van der Waals surface area contributed by atoms with E-state index in [4.69, 9.17) is 0 Å². The number of halogens is 1. The van der Waals surface area contributed by atoms with Crippen molar-refractivity contribution in [2.45, 2.75) is 39.7 Å². The Labute approximate surface area is 191 Å². The van der Waals surface area contributed by atoms with Crippen molar-refractivity contribution in [1.29, 1.82) is 0 Å². The summed E-state index contributed by atoms with van der Waals surface area (Å²) < 4.78 is 16.4. The maximum atomic E-state index is 14.8. The van der Waals surface area contributed by atoms with Crippen LogP contribution in [0.3, 0.4) is 0 Å². The molecule has 0 aliphatic rings. The lowest BCUT2D eigenvalue weighted by molar-refractivity contribution is 0.0940. The molecule has 1 N–H and O–H groups in total. The van der Waals surface area contributed by atoms with Crippen molar-refractivity contribution in [1.82, 2.24) is 30.5 Å². The molecule has 2 aromatic heterocycles. The van der Waals surface area contributed by atoms with Gasteiger partial charge in [-0.25, -0.2) is 4.39 Å². The van der Waals surface area contributed by atoms with Gasteiger partial charge < -0.3 is 5.32 Å². The lowest BCUT2D eigenvalue weighted by Crippen LogP contribution is -2.27. The Morgan fingerprint density at radius 2 is 1.79 bits per heavy atom. The molecule has 0 saturated carbocycles. The maximum absolute atomic E-state index is 14.8. The zero-order valence-electron chi connectivity index (χ0n) is 19.0. The van der Waals surface area contributed by atoms with Crippen molar-refractivity contribution in [2.75, 3.05) is 0 Å². The predicted molar refractivity (Wildman–Crippen MR) is 123 cm³/mol. The zero-order chi connectivity index (χ0) is 23.5. The summed E-state index contributed by atoms with van der Waals surface area (Å²) in [7, 11) is 0. The number of carbonyl (C=O) groups excluding carboxylic acids is 1. The first-order valence-electron chi connectivity index (χ1n) is 10.7. The Kier molecular flexibility index (Phi) is 6.26. The molecule has 8 heteroatoms. The van der Waals surface area contributed by atoms with Crippen molar-refractivity contribution in [3.8, 4) is 16.8 Å². The van der Waals surface area contributed by atoms with Gasteiger partial charge >= 0.3 is 0 Å². The van der Waals surface area contributed by atoms with Gasteiger partial charge in [-0.3, -0.25) is 9.78 Å². The van der Waals surface area contributed by atoms with Crippen molar-refractivity contribution in [3.05, 3.63) is 89.3 Å². The van der Waals surface area contributed by atoms with E-state index in [0.29, 0.717) is 28.2 Å². The highest BCUT2D eigenvalue weighted by Gasteiger charge is 2.18. The number of pyridine rings is 1. The Bertz CT molecular complexity index is 1290. The first-order chi connectivity index (χ1) is 15.8. The quantitative estimate of drug-likeness (QED) is 0.462. The van der Waals surface area contributed by atoms with E-state index in [-0.39, 0.29) is 23.7 Å². The molecule has 4 aromatic rings. The van der Waals surface area contributed by atoms with E-state index < -0.39 is 0 Å². The third kappa shape index (κ3) is 4.79. The van der Waals surface area contributed by atoms with Crippen LogP contribution in [0, 0.1) is 12.7 Å². The van der Waals surface area contributed by atoms with Gasteiger partial charge in [0.2, 0.25) is 0 Å². The minimum absolute atomic E-state index is 0.0590. The fourth-order valence-electron chi connectivity index (χ4n) is 3.63. The van der Waals surface area contributed by atoms with E-state index in [1.165, 1.54) is 6.07 Å². The summed E-state index contributed by atoms with van der Waals surface area (Å²) in [6.07, 6.45) is 3.37. The molecule has 1 atom stereocenters. The SMILES string of the molecule is Cc1ccc(-c2cc(C(=O)NC(C)c3ccncc3)cc(-n3nnnc3C(C)C)c2)c(F)c1. The lowest BCUT2D eigenvalue weighted by atomic mass is 9.99. The molecule has 0 fully saturated rings. The molecule has 0 spiro atoms. The van der Waals surface area contributed by atoms with Crippen LogP contribution in [0.25, 0.3) is 16.8 Å². The Morgan fingerprint density at radius 1 is 1.03 bits per heavy atom. The van der Waals surface area contributed by atoms with Crippen LogP contribution in [-0.4, -0.2) is 31.1 Å². The van der Waals surface area contributed by atoms with Gasteiger partial charge in [0.05, 0.1) is 11.7 Å². The van der Waals surface area contributed by atoms with E-state index >= 15 is 0 Å². The second-order valence-corrected chi connectivity index (χ2v) is 8.33. The number of tetrazole rings is 1. The van der Waals surface area contributed by atoms with Crippen LogP contribution in [0.2, 0.25) is 0 Å². The topological polar surface area (TPSA) is 85.6 Å². The summed E-state index contributed by atoms with van der Waals surface area (Å²) in [5.41, 5.74) is 3.69. The largest absolute Gasteiger partial charge is 0.346 e. The average molecular weight is 445 g/mol. The lowest BCUT2D eigenvalue weighted by Gasteiger charge is -2.16. The number of aryl methyl sites for hydroxylation is 1. The number of carbonyl (C=O) groups is 1. The summed E-state index contributed by atoms with van der Waals surface area (Å²) >= 11 is 0. The minimum atomic E-state index is -0.357. The van der Waals surface area contributed by atoms with Crippen molar-refractivity contribution < 1.29 is 9.18 Å². The Balaban J connectivity index is 1.79. The number of nitrogens with zero attached hydrogens (tertiary/aromatic N) is 5. The van der Waals surface area contributed by atoms with Crippen molar-refractivity contribution >= 4 is 5.91 Å². The van der Waals surface area contributed by atoms with Gasteiger partial charge in [0.25, 0.3) is 5.91 Å². The Morgan fingerprint density at radius 3 is 2.48 bits per heavy atom. The minimum Gasteiger partial charge on any atom is -0.346 e. The second-order valence-electron chi connectivity index (χ2n) is 8.33. The molecule has 7 nitrogen and oxygen atoms in total. The number of amides is 1. The molecule has 2 aromatic carbocycles. The molecule has 2 heterocycles. The van der Waals surface area contributed by atoms with Gasteiger partial charge in [0.1, 0.15) is 5.82 Å². The van der Waals surface area contributed by atoms with E-state index in [9.17, 15) is 9.18 Å². The van der Waals surface area contributed by atoms with Gasteiger partial charge in [-0.15, -0.1) is 5.10 Å². The number of rotatable bonds is 6. The van der Waals surface area contributed by atoms with Gasteiger partial charge in [-0.1, -0.05) is 26.0 Å². The van der Waals surface area contributed by atoms with Crippen LogP contribution < -0.4 is 5.32 Å². The molecule has 0 bridgehead atoms. The van der Waals surface area contributed by atoms with Crippen LogP contribution >= 0.6 is 0 Å². The van der Waals surface area contributed by atoms with Crippen LogP contribution in [0.5, 0.6) is 0 Å². The Hall–Kier alpha value is -3.94. The maximum Gasteiger partial charge on any atom is 0.251 e. The van der Waals surface area contributed by atoms with Crippen LogP contribution in [0.4, 0.5) is 4.39 Å². The summed E-state index contributed by atoms with van der Waals surface area (Å²) in [6.45, 7) is 7.69. The van der Waals surface area contributed by atoms with Crippen LogP contribution in [0.1, 0.15) is 60.0 Å². The van der Waals surface area contributed by atoms with E-state index in [1.807, 2.05) is 45.9 Å². The number of aromatic nitrogens is 5. The molecule has 0 saturated heterocycles. The van der Waals surface area contributed by atoms with Gasteiger partial charge in [-0.2, -0.15) is 4.68 Å².